The molecule has 0 fully saturated rings. The average Bonchev–Trinajstić information content (AvgIpc) is 2.44. The molecule has 1 N–H and O–H groups in total. The Morgan fingerprint density at radius 1 is 1.50 bits per heavy atom. The fraction of sp³-hybridized carbons (Fsp3) is 0.167. The molecule has 0 aliphatic carbocycles. The SMILES string of the molecule is COc1ncccc1C(=O)Cn1cc(Cl)c(=O)[nH]c1=O. The maximum atomic E-state index is 12.1. The fourth-order valence-electron chi connectivity index (χ4n) is 1.61. The van der Waals surface area contributed by atoms with Crippen molar-refractivity contribution in [2.45, 2.75) is 6.54 Å². The maximum absolute atomic E-state index is 12.1. The van der Waals surface area contributed by atoms with Crippen LogP contribution < -0.4 is 16.0 Å². The molecule has 2 aromatic heterocycles. The summed E-state index contributed by atoms with van der Waals surface area (Å²) in [6, 6.07) is 3.12. The Balaban J connectivity index is 2.35. The Morgan fingerprint density at radius 3 is 2.95 bits per heavy atom. The summed E-state index contributed by atoms with van der Waals surface area (Å²) in [7, 11) is 1.39. The first-order valence-electron chi connectivity index (χ1n) is 5.54. The lowest BCUT2D eigenvalue weighted by atomic mass is 10.2. The molecule has 0 saturated heterocycles. The van der Waals surface area contributed by atoms with Crippen molar-refractivity contribution < 1.29 is 9.53 Å². The molecule has 104 valence electrons. The third kappa shape index (κ3) is 2.77. The largest absolute Gasteiger partial charge is 0.480 e. The van der Waals surface area contributed by atoms with Crippen molar-refractivity contribution in [3.8, 4) is 5.88 Å². The van der Waals surface area contributed by atoms with Crippen molar-refractivity contribution in [2.75, 3.05) is 7.11 Å². The highest BCUT2D eigenvalue weighted by Crippen LogP contribution is 2.14. The number of aromatic amines is 1. The smallest absolute Gasteiger partial charge is 0.328 e. The molecule has 20 heavy (non-hydrogen) atoms. The monoisotopic (exact) mass is 295 g/mol. The van der Waals surface area contributed by atoms with Gasteiger partial charge >= 0.3 is 5.69 Å². The van der Waals surface area contributed by atoms with Crippen LogP contribution in [0.25, 0.3) is 0 Å². The van der Waals surface area contributed by atoms with Gasteiger partial charge in [-0.15, -0.1) is 0 Å². The number of hydrogen-bond donors (Lipinski definition) is 1. The first-order valence-corrected chi connectivity index (χ1v) is 5.92. The highest BCUT2D eigenvalue weighted by atomic mass is 35.5. The van der Waals surface area contributed by atoms with E-state index >= 15 is 0 Å². The van der Waals surface area contributed by atoms with Crippen LogP contribution in [0.5, 0.6) is 5.88 Å². The Kier molecular flexibility index (Phi) is 3.99. The second-order valence-electron chi connectivity index (χ2n) is 3.85. The number of H-pyrrole nitrogens is 1. The Hall–Kier alpha value is -2.41. The molecule has 0 atom stereocenters. The van der Waals surface area contributed by atoms with Crippen molar-refractivity contribution in [2.24, 2.45) is 0 Å². The van der Waals surface area contributed by atoms with Gasteiger partial charge in [0.15, 0.2) is 5.78 Å². The molecule has 0 spiro atoms. The Labute approximate surface area is 117 Å². The number of methoxy groups -OCH3 is 1. The van der Waals surface area contributed by atoms with Crippen LogP contribution in [0, 0.1) is 0 Å². The van der Waals surface area contributed by atoms with E-state index in [4.69, 9.17) is 16.3 Å². The van der Waals surface area contributed by atoms with Gasteiger partial charge in [-0.05, 0) is 12.1 Å². The number of carbonyl (C=O) groups excluding carboxylic acids is 1. The molecule has 0 amide bonds. The number of nitrogens with zero attached hydrogens (tertiary/aromatic N) is 2. The van der Waals surface area contributed by atoms with Gasteiger partial charge in [-0.1, -0.05) is 11.6 Å². The Morgan fingerprint density at radius 2 is 2.25 bits per heavy atom. The lowest BCUT2D eigenvalue weighted by Gasteiger charge is -2.07. The van der Waals surface area contributed by atoms with Crippen LogP contribution in [0.4, 0.5) is 0 Å². The van der Waals surface area contributed by atoms with Crippen molar-refractivity contribution in [3.63, 3.8) is 0 Å². The van der Waals surface area contributed by atoms with Crippen molar-refractivity contribution in [1.82, 2.24) is 14.5 Å². The summed E-state index contributed by atoms with van der Waals surface area (Å²) in [5.74, 6) is -0.221. The van der Waals surface area contributed by atoms with E-state index in [0.717, 1.165) is 10.8 Å². The lowest BCUT2D eigenvalue weighted by molar-refractivity contribution is 0.0966. The maximum Gasteiger partial charge on any atom is 0.328 e. The normalized spacial score (nSPS) is 10.3. The summed E-state index contributed by atoms with van der Waals surface area (Å²) in [5.41, 5.74) is -1.17. The number of pyridine rings is 1. The second-order valence-corrected chi connectivity index (χ2v) is 4.25. The van der Waals surface area contributed by atoms with Gasteiger partial charge in [0.2, 0.25) is 5.88 Å². The standard InChI is InChI=1S/C12H10ClN3O4/c1-20-11-7(3-2-4-14-11)9(17)6-16-5-8(13)10(18)15-12(16)19/h2-5H,6H2,1H3,(H,15,18,19). The van der Waals surface area contributed by atoms with Crippen LogP contribution in [0.15, 0.2) is 34.1 Å². The van der Waals surface area contributed by atoms with Crippen LogP contribution in [-0.2, 0) is 6.54 Å². The van der Waals surface area contributed by atoms with Crippen molar-refractivity contribution >= 4 is 17.4 Å². The van der Waals surface area contributed by atoms with Gasteiger partial charge in [-0.25, -0.2) is 9.78 Å². The number of hydrogen-bond acceptors (Lipinski definition) is 5. The summed E-state index contributed by atoms with van der Waals surface area (Å²) < 4.78 is 5.99. The van der Waals surface area contributed by atoms with Crippen LogP contribution in [0.1, 0.15) is 10.4 Å². The van der Waals surface area contributed by atoms with Gasteiger partial charge in [-0.3, -0.25) is 19.1 Å². The molecular weight excluding hydrogens is 286 g/mol. The molecular formula is C12H10ClN3O4. The highest BCUT2D eigenvalue weighted by molar-refractivity contribution is 6.30. The number of ether oxygens (including phenoxy) is 1. The molecule has 0 aromatic carbocycles. The summed E-state index contributed by atoms with van der Waals surface area (Å²) in [6.07, 6.45) is 2.60. The highest BCUT2D eigenvalue weighted by Gasteiger charge is 2.14. The van der Waals surface area contributed by atoms with Crippen LogP contribution in [0.3, 0.4) is 0 Å². The molecule has 0 aliphatic rings. The number of aromatic nitrogens is 3. The third-order valence-corrected chi connectivity index (χ3v) is 2.82. The van der Waals surface area contributed by atoms with Gasteiger partial charge in [-0.2, -0.15) is 0 Å². The van der Waals surface area contributed by atoms with E-state index in [9.17, 15) is 14.4 Å². The number of nitrogens with one attached hydrogen (secondary N) is 1. The summed E-state index contributed by atoms with van der Waals surface area (Å²) in [4.78, 5) is 40.7. The van der Waals surface area contributed by atoms with E-state index in [1.807, 2.05) is 4.98 Å². The quantitative estimate of drug-likeness (QED) is 0.828. The van der Waals surface area contributed by atoms with Crippen LogP contribution in [0.2, 0.25) is 5.02 Å². The molecule has 8 heteroatoms. The molecule has 2 aromatic rings. The van der Waals surface area contributed by atoms with Crippen LogP contribution >= 0.6 is 11.6 Å². The minimum Gasteiger partial charge on any atom is -0.480 e. The zero-order chi connectivity index (χ0) is 14.7. The van der Waals surface area contributed by atoms with Gasteiger partial charge in [0, 0.05) is 12.4 Å². The summed E-state index contributed by atoms with van der Waals surface area (Å²) in [6.45, 7) is -0.280. The first-order chi connectivity index (χ1) is 9.52. The number of ketones is 1. The van der Waals surface area contributed by atoms with E-state index in [2.05, 4.69) is 4.98 Å². The fourth-order valence-corrected chi connectivity index (χ4v) is 1.77. The molecule has 7 nitrogen and oxygen atoms in total. The number of rotatable bonds is 4. The first kappa shape index (κ1) is 14.0. The van der Waals surface area contributed by atoms with Gasteiger partial charge in [0.25, 0.3) is 5.56 Å². The van der Waals surface area contributed by atoms with E-state index in [-0.39, 0.29) is 28.8 Å². The number of carbonyl (C=O) groups is 1. The molecule has 2 rings (SSSR count). The topological polar surface area (TPSA) is 94.0 Å². The Bertz CT molecular complexity index is 766. The predicted molar refractivity (Wildman–Crippen MR) is 71.5 cm³/mol. The summed E-state index contributed by atoms with van der Waals surface area (Å²) >= 11 is 5.62. The lowest BCUT2D eigenvalue weighted by Crippen LogP contribution is -2.31. The molecule has 2 heterocycles. The van der Waals surface area contributed by atoms with E-state index in [1.165, 1.54) is 19.4 Å². The second kappa shape index (κ2) is 5.70. The zero-order valence-corrected chi connectivity index (χ0v) is 11.2. The molecule has 0 aliphatic heterocycles. The van der Waals surface area contributed by atoms with Crippen molar-refractivity contribution in [3.05, 3.63) is 56.0 Å². The minimum absolute atomic E-state index is 0.168. The number of Topliss-reactive ketones (excluding diaryl/α,β-unsaturated/α-hetero) is 1. The molecule has 0 radical (unpaired) electrons. The van der Waals surface area contributed by atoms with E-state index in [1.54, 1.807) is 6.07 Å². The van der Waals surface area contributed by atoms with E-state index < -0.39 is 11.2 Å². The van der Waals surface area contributed by atoms with Gasteiger partial charge in [0.05, 0.1) is 19.2 Å². The molecule has 0 saturated carbocycles. The van der Waals surface area contributed by atoms with Gasteiger partial charge < -0.3 is 4.74 Å². The van der Waals surface area contributed by atoms with Crippen molar-refractivity contribution in [1.29, 1.82) is 0 Å². The minimum atomic E-state index is -0.712. The molecule has 0 unspecified atom stereocenters. The predicted octanol–water partition coefficient (Wildman–Crippen LogP) is 0.476. The summed E-state index contributed by atoms with van der Waals surface area (Å²) in [5, 5.41) is -0.171. The van der Waals surface area contributed by atoms with Crippen LogP contribution in [-0.4, -0.2) is 27.4 Å². The molecule has 0 bridgehead atoms. The zero-order valence-electron chi connectivity index (χ0n) is 10.4. The third-order valence-electron chi connectivity index (χ3n) is 2.55. The van der Waals surface area contributed by atoms with Gasteiger partial charge in [0.1, 0.15) is 5.02 Å². The van der Waals surface area contributed by atoms with E-state index in [0.29, 0.717) is 0 Å². The number of halogens is 1. The average molecular weight is 296 g/mol.